The van der Waals surface area contributed by atoms with Gasteiger partial charge in [0.15, 0.2) is 0 Å². The zero-order valence-corrected chi connectivity index (χ0v) is 16.0. The Labute approximate surface area is 154 Å². The first-order valence-corrected chi connectivity index (χ1v) is 10.0. The average Bonchev–Trinajstić information content (AvgIpc) is 2.57. The normalized spacial score (nSPS) is 11.5. The molecule has 6 nitrogen and oxygen atoms in total. The standard InChI is InChI=1S/C17H23N3O3S2/c1-20(2)15-7-3-6-14-13(15)5-4-8-16(14)25(22,23)19-11-10-18-17(21)9-12-24/h3-8,19,24H,9-12H2,1-2H3,(H,18,21). The second-order valence-corrected chi connectivity index (χ2v) is 7.93. The van der Waals surface area contributed by atoms with Crippen molar-refractivity contribution in [1.29, 1.82) is 0 Å². The van der Waals surface area contributed by atoms with Gasteiger partial charge < -0.3 is 10.2 Å². The van der Waals surface area contributed by atoms with Crippen molar-refractivity contribution in [2.45, 2.75) is 11.3 Å². The van der Waals surface area contributed by atoms with Crippen LogP contribution in [-0.2, 0) is 14.8 Å². The lowest BCUT2D eigenvalue weighted by Gasteiger charge is -2.17. The lowest BCUT2D eigenvalue weighted by Crippen LogP contribution is -2.34. The first kappa shape index (κ1) is 19.6. The average molecular weight is 382 g/mol. The summed E-state index contributed by atoms with van der Waals surface area (Å²) < 4.78 is 27.8. The molecular weight excluding hydrogens is 358 g/mol. The molecule has 0 heterocycles. The van der Waals surface area contributed by atoms with Crippen LogP contribution in [0.2, 0.25) is 0 Å². The quantitative estimate of drug-likeness (QED) is 0.480. The van der Waals surface area contributed by atoms with Crippen LogP contribution in [0, 0.1) is 0 Å². The molecule has 136 valence electrons. The molecule has 0 fully saturated rings. The number of amides is 1. The Balaban J connectivity index is 2.19. The third kappa shape index (κ3) is 4.87. The van der Waals surface area contributed by atoms with Gasteiger partial charge in [-0.25, -0.2) is 13.1 Å². The van der Waals surface area contributed by atoms with Gasteiger partial charge in [-0.15, -0.1) is 0 Å². The summed E-state index contributed by atoms with van der Waals surface area (Å²) in [7, 11) is 0.162. The molecule has 0 spiro atoms. The van der Waals surface area contributed by atoms with Gasteiger partial charge in [-0.05, 0) is 17.9 Å². The van der Waals surface area contributed by atoms with E-state index >= 15 is 0 Å². The zero-order valence-electron chi connectivity index (χ0n) is 14.3. The molecule has 0 aromatic heterocycles. The van der Waals surface area contributed by atoms with E-state index in [1.54, 1.807) is 18.2 Å². The first-order valence-electron chi connectivity index (χ1n) is 7.93. The van der Waals surface area contributed by atoms with Crippen LogP contribution in [0.25, 0.3) is 10.8 Å². The molecule has 0 aliphatic carbocycles. The molecule has 0 aliphatic rings. The van der Waals surface area contributed by atoms with E-state index in [1.807, 2.05) is 37.2 Å². The summed E-state index contributed by atoms with van der Waals surface area (Å²) in [4.78, 5) is 13.6. The van der Waals surface area contributed by atoms with Crippen molar-refractivity contribution in [1.82, 2.24) is 10.0 Å². The molecule has 25 heavy (non-hydrogen) atoms. The topological polar surface area (TPSA) is 78.5 Å². The number of nitrogens with zero attached hydrogens (tertiary/aromatic N) is 1. The maximum absolute atomic E-state index is 12.6. The first-order chi connectivity index (χ1) is 11.9. The van der Waals surface area contributed by atoms with E-state index in [0.717, 1.165) is 11.1 Å². The van der Waals surface area contributed by atoms with Gasteiger partial charge >= 0.3 is 0 Å². The van der Waals surface area contributed by atoms with E-state index in [0.29, 0.717) is 17.6 Å². The van der Waals surface area contributed by atoms with Crippen LogP contribution in [0.1, 0.15) is 6.42 Å². The van der Waals surface area contributed by atoms with E-state index in [1.165, 1.54) is 0 Å². The third-order valence-corrected chi connectivity index (χ3v) is 5.45. The number of carbonyl (C=O) groups excluding carboxylic acids is 1. The molecule has 2 N–H and O–H groups in total. The van der Waals surface area contributed by atoms with Crippen molar-refractivity contribution in [3.8, 4) is 0 Å². The Morgan fingerprint density at radius 3 is 2.44 bits per heavy atom. The summed E-state index contributed by atoms with van der Waals surface area (Å²) in [5.41, 5.74) is 0.952. The molecule has 2 aromatic carbocycles. The highest BCUT2D eigenvalue weighted by atomic mass is 32.2. The predicted octanol–water partition coefficient (Wildman–Crippen LogP) is 1.62. The fraction of sp³-hybridized carbons (Fsp3) is 0.353. The maximum atomic E-state index is 12.6. The number of nitrogens with one attached hydrogen (secondary N) is 2. The van der Waals surface area contributed by atoms with Crippen LogP contribution in [0.15, 0.2) is 41.3 Å². The van der Waals surface area contributed by atoms with E-state index < -0.39 is 10.0 Å². The number of anilines is 1. The van der Waals surface area contributed by atoms with Gasteiger partial charge in [0.1, 0.15) is 0 Å². The molecule has 0 radical (unpaired) electrons. The lowest BCUT2D eigenvalue weighted by atomic mass is 10.1. The second-order valence-electron chi connectivity index (χ2n) is 5.74. The monoisotopic (exact) mass is 381 g/mol. The second kappa shape index (κ2) is 8.55. The summed E-state index contributed by atoms with van der Waals surface area (Å²) in [5, 5.41) is 4.19. The molecular formula is C17H23N3O3S2. The lowest BCUT2D eigenvalue weighted by molar-refractivity contribution is -0.120. The van der Waals surface area contributed by atoms with Crippen molar-refractivity contribution in [2.75, 3.05) is 37.8 Å². The van der Waals surface area contributed by atoms with Crippen LogP contribution in [0.5, 0.6) is 0 Å². The van der Waals surface area contributed by atoms with E-state index in [2.05, 4.69) is 22.7 Å². The smallest absolute Gasteiger partial charge is 0.241 e. The Morgan fingerprint density at radius 1 is 1.08 bits per heavy atom. The minimum Gasteiger partial charge on any atom is -0.377 e. The van der Waals surface area contributed by atoms with Gasteiger partial charge in [0.2, 0.25) is 15.9 Å². The van der Waals surface area contributed by atoms with E-state index in [9.17, 15) is 13.2 Å². The van der Waals surface area contributed by atoms with Gasteiger partial charge in [-0.2, -0.15) is 12.6 Å². The fourth-order valence-corrected chi connectivity index (χ4v) is 4.00. The van der Waals surface area contributed by atoms with Gasteiger partial charge in [-0.1, -0.05) is 24.3 Å². The van der Waals surface area contributed by atoms with E-state index in [4.69, 9.17) is 0 Å². The maximum Gasteiger partial charge on any atom is 0.241 e. The number of benzene rings is 2. The number of fused-ring (bicyclic) bond motifs is 1. The van der Waals surface area contributed by atoms with Crippen LogP contribution in [0.3, 0.4) is 0 Å². The van der Waals surface area contributed by atoms with E-state index in [-0.39, 0.29) is 23.9 Å². The SMILES string of the molecule is CN(C)c1cccc2c(S(=O)(=O)NCCNC(=O)CCS)cccc12. The van der Waals surface area contributed by atoms with Gasteiger partial charge in [0.25, 0.3) is 0 Å². The zero-order chi connectivity index (χ0) is 18.4. The Bertz CT molecular complexity index is 851. The van der Waals surface area contributed by atoms with Crippen LogP contribution in [0.4, 0.5) is 5.69 Å². The number of sulfonamides is 1. The summed E-state index contributed by atoms with van der Waals surface area (Å²) >= 11 is 3.98. The minimum absolute atomic E-state index is 0.129. The molecule has 2 aromatic rings. The summed E-state index contributed by atoms with van der Waals surface area (Å²) in [5.74, 6) is 0.317. The molecule has 1 amide bonds. The van der Waals surface area contributed by atoms with Crippen molar-refractivity contribution < 1.29 is 13.2 Å². The number of thiol groups is 1. The van der Waals surface area contributed by atoms with Gasteiger partial charge in [0, 0.05) is 50.1 Å². The van der Waals surface area contributed by atoms with Gasteiger partial charge in [-0.3, -0.25) is 4.79 Å². The summed E-state index contributed by atoms with van der Waals surface area (Å²) in [6.07, 6.45) is 0.312. The molecule has 8 heteroatoms. The van der Waals surface area contributed by atoms with Gasteiger partial charge in [0.05, 0.1) is 4.90 Å². The Morgan fingerprint density at radius 2 is 1.76 bits per heavy atom. The highest BCUT2D eigenvalue weighted by Crippen LogP contribution is 2.29. The molecule has 0 bridgehead atoms. The number of hydrogen-bond acceptors (Lipinski definition) is 5. The highest BCUT2D eigenvalue weighted by molar-refractivity contribution is 7.89. The summed E-state index contributed by atoms with van der Waals surface area (Å²) in [6.45, 7) is 0.365. The molecule has 0 saturated carbocycles. The Hall–Kier alpha value is -1.77. The van der Waals surface area contributed by atoms with Crippen LogP contribution < -0.4 is 14.9 Å². The predicted molar refractivity (Wildman–Crippen MR) is 105 cm³/mol. The van der Waals surface area contributed by atoms with Crippen molar-refractivity contribution in [2.24, 2.45) is 0 Å². The highest BCUT2D eigenvalue weighted by Gasteiger charge is 2.18. The minimum atomic E-state index is -3.67. The number of hydrogen-bond donors (Lipinski definition) is 3. The molecule has 0 atom stereocenters. The van der Waals surface area contributed by atoms with Crippen molar-refractivity contribution in [3.63, 3.8) is 0 Å². The third-order valence-electron chi connectivity index (χ3n) is 3.71. The van der Waals surface area contributed by atoms with Crippen molar-refractivity contribution in [3.05, 3.63) is 36.4 Å². The molecule has 0 unspecified atom stereocenters. The fourth-order valence-electron chi connectivity index (χ4n) is 2.54. The summed E-state index contributed by atoms with van der Waals surface area (Å²) in [6, 6.07) is 10.8. The van der Waals surface area contributed by atoms with Crippen molar-refractivity contribution >= 4 is 45.0 Å². The Kier molecular flexibility index (Phi) is 6.69. The number of rotatable bonds is 8. The molecule has 0 aliphatic heterocycles. The van der Waals surface area contributed by atoms with Crippen LogP contribution >= 0.6 is 12.6 Å². The molecule has 0 saturated heterocycles. The largest absolute Gasteiger partial charge is 0.377 e. The molecule has 2 rings (SSSR count). The van der Waals surface area contributed by atoms with Crippen LogP contribution in [-0.4, -0.2) is 47.3 Å². The number of carbonyl (C=O) groups is 1.